The summed E-state index contributed by atoms with van der Waals surface area (Å²) in [7, 11) is 1.09. The first-order chi connectivity index (χ1) is 13.3. The molecule has 0 amide bonds. The lowest BCUT2D eigenvalue weighted by Crippen LogP contribution is -2.47. The molecule has 1 aliphatic rings. The van der Waals surface area contributed by atoms with E-state index in [0.29, 0.717) is 18.7 Å². The summed E-state index contributed by atoms with van der Waals surface area (Å²) in [5, 5.41) is 9.98. The molecule has 2 aromatic carbocycles. The van der Waals surface area contributed by atoms with Gasteiger partial charge in [-0.2, -0.15) is 0 Å². The fourth-order valence-electron chi connectivity index (χ4n) is 3.79. The van der Waals surface area contributed by atoms with Crippen molar-refractivity contribution in [2.24, 2.45) is 5.92 Å². The number of likely N-dealkylation sites (tertiary alicyclic amines) is 1. The predicted octanol–water partition coefficient (Wildman–Crippen LogP) is 2.73. The van der Waals surface area contributed by atoms with Gasteiger partial charge in [-0.1, -0.05) is 30.3 Å². The largest absolute Gasteiger partial charge is 0.481 e. The molecule has 1 saturated heterocycles. The molecule has 1 N–H and O–H groups in total. The molecule has 3 rings (SSSR count). The second-order valence-corrected chi connectivity index (χ2v) is 6.75. The van der Waals surface area contributed by atoms with E-state index in [1.807, 2.05) is 30.3 Å². The van der Waals surface area contributed by atoms with Crippen LogP contribution in [0, 0.1) is 23.4 Å². The van der Waals surface area contributed by atoms with Crippen LogP contribution in [0.2, 0.25) is 0 Å². The fourth-order valence-corrected chi connectivity index (χ4v) is 3.79. The highest BCUT2D eigenvalue weighted by molar-refractivity contribution is 5.90. The van der Waals surface area contributed by atoms with E-state index in [1.54, 1.807) is 4.90 Å². The molecular formula is C20H18F3NO4. The van der Waals surface area contributed by atoms with Crippen LogP contribution in [0.15, 0.2) is 42.5 Å². The molecule has 2 unspecified atom stereocenters. The molecule has 0 aromatic heterocycles. The highest BCUT2D eigenvalue weighted by Gasteiger charge is 2.58. The number of ether oxygens (including phenoxy) is 1. The summed E-state index contributed by atoms with van der Waals surface area (Å²) in [5.41, 5.74) is -1.83. The van der Waals surface area contributed by atoms with Crippen molar-refractivity contribution < 1.29 is 32.6 Å². The van der Waals surface area contributed by atoms with E-state index in [2.05, 4.69) is 0 Å². The minimum Gasteiger partial charge on any atom is -0.481 e. The van der Waals surface area contributed by atoms with E-state index in [4.69, 9.17) is 4.74 Å². The molecule has 28 heavy (non-hydrogen) atoms. The van der Waals surface area contributed by atoms with Crippen molar-refractivity contribution in [2.45, 2.75) is 12.0 Å². The summed E-state index contributed by atoms with van der Waals surface area (Å²) in [6.07, 6.45) is 0. The van der Waals surface area contributed by atoms with Crippen LogP contribution in [0.3, 0.4) is 0 Å². The lowest BCUT2D eigenvalue weighted by atomic mass is 9.72. The Bertz CT molecular complexity index is 906. The lowest BCUT2D eigenvalue weighted by Gasteiger charge is -2.30. The number of benzene rings is 2. The average Bonchev–Trinajstić information content (AvgIpc) is 3.05. The van der Waals surface area contributed by atoms with E-state index in [1.165, 1.54) is 0 Å². The van der Waals surface area contributed by atoms with Crippen molar-refractivity contribution >= 4 is 11.9 Å². The van der Waals surface area contributed by atoms with E-state index < -0.39 is 46.3 Å². The molecule has 0 bridgehead atoms. The Labute approximate surface area is 159 Å². The molecule has 5 nitrogen and oxygen atoms in total. The summed E-state index contributed by atoms with van der Waals surface area (Å²) in [6.45, 7) is -0.0000497. The quantitative estimate of drug-likeness (QED) is 0.625. The zero-order chi connectivity index (χ0) is 20.5. The summed E-state index contributed by atoms with van der Waals surface area (Å²) < 4.78 is 46.5. The van der Waals surface area contributed by atoms with Gasteiger partial charge in [0.05, 0.1) is 13.0 Å². The van der Waals surface area contributed by atoms with Crippen LogP contribution < -0.4 is 0 Å². The average molecular weight is 393 g/mol. The smallest absolute Gasteiger partial charge is 0.316 e. The number of carboxylic acid groups (broad SMARTS) is 1. The van der Waals surface area contributed by atoms with Crippen molar-refractivity contribution in [3.8, 4) is 0 Å². The van der Waals surface area contributed by atoms with Gasteiger partial charge < -0.3 is 9.84 Å². The molecule has 2 aromatic rings. The first-order valence-electron chi connectivity index (χ1n) is 8.52. The number of carbonyl (C=O) groups excluding carboxylic acids is 1. The van der Waals surface area contributed by atoms with Gasteiger partial charge in [0.1, 0.15) is 11.2 Å². The second-order valence-electron chi connectivity index (χ2n) is 6.75. The van der Waals surface area contributed by atoms with Crippen LogP contribution in [-0.4, -0.2) is 42.1 Å². The molecule has 148 valence electrons. The van der Waals surface area contributed by atoms with Gasteiger partial charge >= 0.3 is 11.9 Å². The molecular weight excluding hydrogens is 375 g/mol. The van der Waals surface area contributed by atoms with Gasteiger partial charge in [-0.25, -0.2) is 13.2 Å². The highest BCUT2D eigenvalue weighted by Crippen LogP contribution is 2.42. The summed E-state index contributed by atoms with van der Waals surface area (Å²) in [4.78, 5) is 26.3. The van der Waals surface area contributed by atoms with Crippen molar-refractivity contribution in [3.63, 3.8) is 0 Å². The third kappa shape index (κ3) is 3.35. The topological polar surface area (TPSA) is 66.8 Å². The van der Waals surface area contributed by atoms with Crippen LogP contribution in [-0.2, 0) is 26.3 Å². The van der Waals surface area contributed by atoms with E-state index in [-0.39, 0.29) is 13.1 Å². The van der Waals surface area contributed by atoms with Crippen LogP contribution in [0.1, 0.15) is 11.1 Å². The number of methoxy groups -OCH3 is 1. The van der Waals surface area contributed by atoms with E-state index in [9.17, 15) is 27.9 Å². The molecule has 0 saturated carbocycles. The zero-order valence-electron chi connectivity index (χ0n) is 15.0. The molecule has 0 aliphatic carbocycles. The van der Waals surface area contributed by atoms with Crippen LogP contribution >= 0.6 is 0 Å². The number of hydrogen-bond acceptors (Lipinski definition) is 4. The second kappa shape index (κ2) is 7.63. The standard InChI is InChI=1S/C20H18F3NO4/c1-28-18(25)14-10-24(9-12-5-3-2-4-6-12)11-20(14,19(26)27)13-7-16(22)17(23)8-15(13)21/h2-8,14H,9-11H2,1H3,(H,26,27). The molecule has 1 fully saturated rings. The molecule has 0 radical (unpaired) electrons. The summed E-state index contributed by atoms with van der Waals surface area (Å²) in [5.74, 6) is -7.71. The third-order valence-corrected chi connectivity index (χ3v) is 5.12. The van der Waals surface area contributed by atoms with Gasteiger partial charge in [0.2, 0.25) is 0 Å². The van der Waals surface area contributed by atoms with Crippen LogP contribution in [0.25, 0.3) is 0 Å². The molecule has 1 heterocycles. The normalized spacial score (nSPS) is 22.2. The SMILES string of the molecule is COC(=O)C1CN(Cc2ccccc2)CC1(C(=O)O)c1cc(F)c(F)cc1F. The number of nitrogens with zero attached hydrogens (tertiary/aromatic N) is 1. The van der Waals surface area contributed by atoms with Crippen molar-refractivity contribution in [1.82, 2.24) is 4.90 Å². The molecule has 1 aliphatic heterocycles. The van der Waals surface area contributed by atoms with Gasteiger partial charge in [0.25, 0.3) is 0 Å². The number of carboxylic acids is 1. The number of aliphatic carboxylic acids is 1. The maximum atomic E-state index is 14.5. The van der Waals surface area contributed by atoms with Crippen molar-refractivity contribution in [2.75, 3.05) is 20.2 Å². The van der Waals surface area contributed by atoms with Crippen LogP contribution in [0.5, 0.6) is 0 Å². The van der Waals surface area contributed by atoms with Gasteiger partial charge in [-0.05, 0) is 11.6 Å². The molecule has 8 heteroatoms. The highest BCUT2D eigenvalue weighted by atomic mass is 19.2. The maximum Gasteiger partial charge on any atom is 0.316 e. The third-order valence-electron chi connectivity index (χ3n) is 5.12. The van der Waals surface area contributed by atoms with Gasteiger partial charge in [0, 0.05) is 31.3 Å². The monoisotopic (exact) mass is 393 g/mol. The number of halogens is 3. The number of esters is 1. The Morgan fingerprint density at radius 3 is 2.39 bits per heavy atom. The first kappa shape index (κ1) is 19.9. The Kier molecular flexibility index (Phi) is 5.42. The number of rotatable bonds is 5. The molecule has 2 atom stereocenters. The van der Waals surface area contributed by atoms with Crippen molar-refractivity contribution in [3.05, 3.63) is 71.0 Å². The zero-order valence-corrected chi connectivity index (χ0v) is 15.0. The Morgan fingerprint density at radius 2 is 1.79 bits per heavy atom. The maximum absolute atomic E-state index is 14.5. The van der Waals surface area contributed by atoms with Crippen molar-refractivity contribution in [1.29, 1.82) is 0 Å². The summed E-state index contributed by atoms with van der Waals surface area (Å²) >= 11 is 0. The van der Waals surface area contributed by atoms with Gasteiger partial charge in [-0.3, -0.25) is 14.5 Å². The Morgan fingerprint density at radius 1 is 1.14 bits per heavy atom. The minimum absolute atomic E-state index is 0.0354. The molecule has 0 spiro atoms. The fraction of sp³-hybridized carbons (Fsp3) is 0.300. The Balaban J connectivity index is 2.09. The first-order valence-corrected chi connectivity index (χ1v) is 8.52. The lowest BCUT2D eigenvalue weighted by molar-refractivity contribution is -0.155. The van der Waals surface area contributed by atoms with Crippen LogP contribution in [0.4, 0.5) is 13.2 Å². The number of carbonyl (C=O) groups is 2. The van der Waals surface area contributed by atoms with E-state index in [0.717, 1.165) is 12.7 Å². The summed E-state index contributed by atoms with van der Waals surface area (Å²) in [6, 6.07) is 9.90. The van der Waals surface area contributed by atoms with Gasteiger partial charge in [0.15, 0.2) is 11.6 Å². The van der Waals surface area contributed by atoms with Gasteiger partial charge in [-0.15, -0.1) is 0 Å². The number of hydrogen-bond donors (Lipinski definition) is 1. The Hall–Kier alpha value is -2.87. The minimum atomic E-state index is -2.11. The van der Waals surface area contributed by atoms with E-state index >= 15 is 0 Å². The predicted molar refractivity (Wildman–Crippen MR) is 92.9 cm³/mol.